The van der Waals surface area contributed by atoms with Crippen LogP contribution in [-0.2, 0) is 11.3 Å². The molecule has 116 valence electrons. The first kappa shape index (κ1) is 15.0. The smallest absolute Gasteiger partial charge is 0.158 e. The molecule has 1 aliphatic heterocycles. The van der Waals surface area contributed by atoms with Crippen molar-refractivity contribution in [2.45, 2.75) is 38.8 Å². The van der Waals surface area contributed by atoms with Crippen LogP contribution in [0.2, 0.25) is 5.15 Å². The minimum atomic E-state index is 0.407. The van der Waals surface area contributed by atoms with Crippen LogP contribution < -0.4 is 5.32 Å². The first-order valence-electron chi connectivity index (χ1n) is 7.83. The van der Waals surface area contributed by atoms with Crippen molar-refractivity contribution in [3.8, 4) is 0 Å². The number of likely N-dealkylation sites (tertiary alicyclic amines) is 1. The summed E-state index contributed by atoms with van der Waals surface area (Å²) in [5.41, 5.74) is 0. The van der Waals surface area contributed by atoms with Gasteiger partial charge in [0.2, 0.25) is 0 Å². The zero-order chi connectivity index (χ0) is 14.7. The number of aromatic nitrogens is 2. The lowest BCUT2D eigenvalue weighted by atomic mass is 10.1. The van der Waals surface area contributed by atoms with E-state index in [1.165, 1.54) is 32.4 Å². The van der Waals surface area contributed by atoms with E-state index >= 15 is 0 Å². The summed E-state index contributed by atoms with van der Waals surface area (Å²) < 4.78 is 5.34. The van der Waals surface area contributed by atoms with Gasteiger partial charge in [0.1, 0.15) is 17.6 Å². The Morgan fingerprint density at radius 2 is 2.24 bits per heavy atom. The molecule has 0 bridgehead atoms. The molecule has 6 heteroatoms. The fourth-order valence-corrected chi connectivity index (χ4v) is 3.06. The molecule has 1 aliphatic carbocycles. The monoisotopic (exact) mass is 310 g/mol. The maximum absolute atomic E-state index is 6.04. The molecule has 1 atom stereocenters. The Balaban J connectivity index is 1.51. The van der Waals surface area contributed by atoms with Crippen molar-refractivity contribution in [2.24, 2.45) is 5.92 Å². The Bertz CT molecular complexity index is 481. The van der Waals surface area contributed by atoms with Gasteiger partial charge in [-0.2, -0.15) is 0 Å². The molecule has 0 aromatic carbocycles. The highest BCUT2D eigenvalue weighted by Gasteiger charge is 2.34. The van der Waals surface area contributed by atoms with Crippen molar-refractivity contribution >= 4 is 17.4 Å². The maximum Gasteiger partial charge on any atom is 0.158 e. The summed E-state index contributed by atoms with van der Waals surface area (Å²) in [5.74, 6) is 2.14. The minimum Gasteiger partial charge on any atom is -0.374 e. The maximum atomic E-state index is 6.04. The summed E-state index contributed by atoms with van der Waals surface area (Å²) in [6.07, 6.45) is 4.05. The molecular weight excluding hydrogens is 288 g/mol. The highest BCUT2D eigenvalue weighted by Crippen LogP contribution is 2.31. The van der Waals surface area contributed by atoms with Gasteiger partial charge in [0.15, 0.2) is 5.82 Å². The molecule has 1 aromatic heterocycles. The summed E-state index contributed by atoms with van der Waals surface area (Å²) in [7, 11) is 0. The lowest BCUT2D eigenvalue weighted by Gasteiger charge is -2.15. The van der Waals surface area contributed by atoms with Crippen molar-refractivity contribution in [1.29, 1.82) is 0 Å². The molecule has 0 radical (unpaired) electrons. The number of rotatable bonds is 7. The van der Waals surface area contributed by atoms with Crippen LogP contribution in [0.3, 0.4) is 0 Å². The number of halogens is 1. The molecule has 1 aromatic rings. The first-order valence-corrected chi connectivity index (χ1v) is 8.21. The van der Waals surface area contributed by atoms with Crippen molar-refractivity contribution in [3.05, 3.63) is 17.0 Å². The molecule has 0 spiro atoms. The third-order valence-corrected chi connectivity index (χ3v) is 4.32. The predicted octanol–water partition coefficient (Wildman–Crippen LogP) is 2.56. The highest BCUT2D eigenvalue weighted by molar-refractivity contribution is 6.29. The van der Waals surface area contributed by atoms with Crippen molar-refractivity contribution in [3.63, 3.8) is 0 Å². The fourth-order valence-electron chi connectivity index (χ4n) is 2.86. The van der Waals surface area contributed by atoms with E-state index in [0.29, 0.717) is 30.1 Å². The quantitative estimate of drug-likeness (QED) is 0.784. The summed E-state index contributed by atoms with van der Waals surface area (Å²) in [6.45, 7) is 6.42. The van der Waals surface area contributed by atoms with E-state index in [-0.39, 0.29) is 0 Å². The number of nitrogens with one attached hydrogen (secondary N) is 1. The van der Waals surface area contributed by atoms with E-state index in [2.05, 4.69) is 20.2 Å². The summed E-state index contributed by atoms with van der Waals surface area (Å²) in [6, 6.07) is 2.66. The second kappa shape index (κ2) is 6.90. The number of ether oxygens (including phenoxy) is 1. The van der Waals surface area contributed by atoms with Gasteiger partial charge < -0.3 is 15.0 Å². The Labute approximate surface area is 131 Å². The average molecular weight is 311 g/mol. The highest BCUT2D eigenvalue weighted by atomic mass is 35.5. The van der Waals surface area contributed by atoms with Gasteiger partial charge in [-0.15, -0.1) is 0 Å². The summed E-state index contributed by atoms with van der Waals surface area (Å²) in [5, 5.41) is 3.87. The van der Waals surface area contributed by atoms with Gasteiger partial charge in [-0.25, -0.2) is 9.97 Å². The van der Waals surface area contributed by atoms with Gasteiger partial charge in [0.25, 0.3) is 0 Å². The molecule has 1 N–H and O–H groups in total. The SMILES string of the molecule is CCOCc1nc(Cl)cc(NCC2CCN(C3CC3)C2)n1. The van der Waals surface area contributed by atoms with Crippen molar-refractivity contribution in [2.75, 3.05) is 31.6 Å². The van der Waals surface area contributed by atoms with Gasteiger partial charge in [0, 0.05) is 31.8 Å². The summed E-state index contributed by atoms with van der Waals surface area (Å²) >= 11 is 6.04. The molecule has 1 saturated heterocycles. The Morgan fingerprint density at radius 3 is 3.00 bits per heavy atom. The molecule has 5 nitrogen and oxygen atoms in total. The molecule has 1 saturated carbocycles. The average Bonchev–Trinajstić information content (AvgIpc) is 3.21. The summed E-state index contributed by atoms with van der Waals surface area (Å²) in [4.78, 5) is 11.3. The van der Waals surface area contributed by atoms with E-state index in [9.17, 15) is 0 Å². The predicted molar refractivity (Wildman–Crippen MR) is 83.6 cm³/mol. The molecule has 0 amide bonds. The van der Waals surface area contributed by atoms with Gasteiger partial charge in [-0.3, -0.25) is 0 Å². The Kier molecular flexibility index (Phi) is 4.93. The van der Waals surface area contributed by atoms with E-state index < -0.39 is 0 Å². The molecule has 3 rings (SSSR count). The lowest BCUT2D eigenvalue weighted by Crippen LogP contribution is -2.25. The van der Waals surface area contributed by atoms with Crippen LogP contribution in [0.1, 0.15) is 32.0 Å². The molecule has 1 unspecified atom stereocenters. The van der Waals surface area contributed by atoms with Crippen LogP contribution in [0.4, 0.5) is 5.82 Å². The number of nitrogens with zero attached hydrogens (tertiary/aromatic N) is 3. The van der Waals surface area contributed by atoms with Crippen LogP contribution in [0.15, 0.2) is 6.07 Å². The molecule has 21 heavy (non-hydrogen) atoms. The van der Waals surface area contributed by atoms with Crippen LogP contribution in [0.5, 0.6) is 0 Å². The third-order valence-electron chi connectivity index (χ3n) is 4.13. The largest absolute Gasteiger partial charge is 0.374 e. The number of hydrogen-bond acceptors (Lipinski definition) is 5. The van der Waals surface area contributed by atoms with Gasteiger partial charge in [-0.1, -0.05) is 11.6 Å². The Hall–Kier alpha value is -0.910. The fraction of sp³-hybridized carbons (Fsp3) is 0.733. The molecule has 2 fully saturated rings. The lowest BCUT2D eigenvalue weighted by molar-refractivity contribution is 0.128. The zero-order valence-electron chi connectivity index (χ0n) is 12.5. The van der Waals surface area contributed by atoms with Crippen LogP contribution in [0.25, 0.3) is 0 Å². The topological polar surface area (TPSA) is 50.3 Å². The van der Waals surface area contributed by atoms with Gasteiger partial charge in [0.05, 0.1) is 0 Å². The van der Waals surface area contributed by atoms with E-state index in [1.807, 2.05) is 6.92 Å². The number of hydrogen-bond donors (Lipinski definition) is 1. The van der Waals surface area contributed by atoms with Crippen LogP contribution >= 0.6 is 11.6 Å². The number of anilines is 1. The van der Waals surface area contributed by atoms with Crippen molar-refractivity contribution in [1.82, 2.24) is 14.9 Å². The van der Waals surface area contributed by atoms with Crippen molar-refractivity contribution < 1.29 is 4.74 Å². The Morgan fingerprint density at radius 1 is 1.38 bits per heavy atom. The molecule has 2 heterocycles. The van der Waals surface area contributed by atoms with Gasteiger partial charge in [-0.05, 0) is 38.6 Å². The van der Waals surface area contributed by atoms with E-state index in [0.717, 1.165) is 18.4 Å². The third kappa shape index (κ3) is 4.28. The first-order chi connectivity index (χ1) is 10.2. The standard InChI is InChI=1S/C15H23ClN4O/c1-2-21-10-15-18-13(16)7-14(19-15)17-8-11-5-6-20(9-11)12-3-4-12/h7,11-12H,2-6,8-10H2,1H3,(H,17,18,19). The molecule has 2 aliphatic rings. The zero-order valence-corrected chi connectivity index (χ0v) is 13.3. The van der Waals surface area contributed by atoms with Crippen LogP contribution in [-0.4, -0.2) is 47.2 Å². The normalized spacial score (nSPS) is 22.7. The van der Waals surface area contributed by atoms with Gasteiger partial charge >= 0.3 is 0 Å². The minimum absolute atomic E-state index is 0.407. The van der Waals surface area contributed by atoms with E-state index in [1.54, 1.807) is 6.07 Å². The molecular formula is C15H23ClN4O. The van der Waals surface area contributed by atoms with E-state index in [4.69, 9.17) is 16.3 Å². The van der Waals surface area contributed by atoms with Crippen LogP contribution in [0, 0.1) is 5.92 Å². The second-order valence-corrected chi connectivity index (χ2v) is 6.28. The second-order valence-electron chi connectivity index (χ2n) is 5.89.